The predicted molar refractivity (Wildman–Crippen MR) is 87.6 cm³/mol. The van der Waals surface area contributed by atoms with Crippen molar-refractivity contribution in [3.63, 3.8) is 0 Å². The number of aliphatic hydroxyl groups excluding tert-OH is 1. The van der Waals surface area contributed by atoms with E-state index in [9.17, 15) is 9.90 Å². The molecule has 0 aromatic heterocycles. The average molecular weight is 291 g/mol. The van der Waals surface area contributed by atoms with Crippen LogP contribution >= 0.6 is 0 Å². The molecule has 0 saturated carbocycles. The summed E-state index contributed by atoms with van der Waals surface area (Å²) in [5.41, 5.74) is 0.301. The standard InChI is InChI=1S/C18H29NO2/c1-5-16(6-2)19(12-13-20)14-18(3,4)17(21)15-10-8-7-9-11-15/h7-11,16,20H,5-6,12-14H2,1-4H3. The number of ketones is 1. The number of carbonyl (C=O) groups excluding carboxylic acids is 1. The third kappa shape index (κ3) is 4.94. The van der Waals surface area contributed by atoms with Crippen LogP contribution in [-0.4, -0.2) is 41.5 Å². The van der Waals surface area contributed by atoms with Crippen LogP contribution in [0.15, 0.2) is 30.3 Å². The second-order valence-corrected chi connectivity index (χ2v) is 6.24. The van der Waals surface area contributed by atoms with Gasteiger partial charge in [-0.1, -0.05) is 58.0 Å². The van der Waals surface area contributed by atoms with Crippen molar-refractivity contribution in [2.45, 2.75) is 46.6 Å². The van der Waals surface area contributed by atoms with Crippen LogP contribution in [0.1, 0.15) is 50.9 Å². The lowest BCUT2D eigenvalue weighted by Gasteiger charge is -2.36. The first-order valence-corrected chi connectivity index (χ1v) is 7.91. The normalized spacial score (nSPS) is 12.1. The second-order valence-electron chi connectivity index (χ2n) is 6.24. The average Bonchev–Trinajstić information content (AvgIpc) is 2.48. The molecule has 0 aliphatic rings. The van der Waals surface area contributed by atoms with Gasteiger partial charge in [-0.05, 0) is 12.8 Å². The quantitative estimate of drug-likeness (QED) is 0.709. The molecule has 118 valence electrons. The molecule has 1 rings (SSSR count). The van der Waals surface area contributed by atoms with Gasteiger partial charge in [0.2, 0.25) is 0 Å². The summed E-state index contributed by atoms with van der Waals surface area (Å²) in [6.45, 7) is 9.73. The lowest BCUT2D eigenvalue weighted by molar-refractivity contribution is 0.0654. The lowest BCUT2D eigenvalue weighted by atomic mass is 9.83. The van der Waals surface area contributed by atoms with Crippen LogP contribution in [0.2, 0.25) is 0 Å². The number of aliphatic hydroxyl groups is 1. The van der Waals surface area contributed by atoms with Crippen molar-refractivity contribution in [1.29, 1.82) is 0 Å². The van der Waals surface area contributed by atoms with Crippen molar-refractivity contribution >= 4 is 5.78 Å². The number of hydrogen-bond acceptors (Lipinski definition) is 3. The SMILES string of the molecule is CCC(CC)N(CCO)CC(C)(C)C(=O)c1ccccc1. The molecule has 0 aliphatic heterocycles. The molecule has 0 amide bonds. The molecule has 0 saturated heterocycles. The van der Waals surface area contributed by atoms with Crippen LogP contribution in [-0.2, 0) is 0 Å². The minimum absolute atomic E-state index is 0.131. The Bertz CT molecular complexity index is 424. The molecule has 0 fully saturated rings. The number of hydrogen-bond donors (Lipinski definition) is 1. The molecule has 3 heteroatoms. The molecule has 1 aromatic carbocycles. The predicted octanol–water partition coefficient (Wildman–Crippen LogP) is 3.38. The molecule has 1 aromatic rings. The van der Waals surface area contributed by atoms with Gasteiger partial charge in [0, 0.05) is 30.1 Å². The third-order valence-electron chi connectivity index (χ3n) is 4.10. The van der Waals surface area contributed by atoms with E-state index in [0.717, 1.165) is 18.4 Å². The largest absolute Gasteiger partial charge is 0.395 e. The van der Waals surface area contributed by atoms with E-state index in [-0.39, 0.29) is 12.4 Å². The molecule has 0 spiro atoms. The smallest absolute Gasteiger partial charge is 0.169 e. The van der Waals surface area contributed by atoms with Crippen molar-refractivity contribution in [3.05, 3.63) is 35.9 Å². The van der Waals surface area contributed by atoms with E-state index in [4.69, 9.17) is 0 Å². The Balaban J connectivity index is 2.87. The zero-order chi connectivity index (χ0) is 15.9. The van der Waals surface area contributed by atoms with E-state index in [0.29, 0.717) is 19.1 Å². The zero-order valence-electron chi connectivity index (χ0n) is 13.8. The van der Waals surface area contributed by atoms with Crippen molar-refractivity contribution < 1.29 is 9.90 Å². The number of nitrogens with zero attached hydrogens (tertiary/aromatic N) is 1. The Morgan fingerprint density at radius 3 is 2.24 bits per heavy atom. The fourth-order valence-corrected chi connectivity index (χ4v) is 2.88. The summed E-state index contributed by atoms with van der Waals surface area (Å²) >= 11 is 0. The van der Waals surface area contributed by atoms with Gasteiger partial charge in [0.1, 0.15) is 0 Å². The van der Waals surface area contributed by atoms with Crippen LogP contribution < -0.4 is 0 Å². The first-order valence-electron chi connectivity index (χ1n) is 7.91. The van der Waals surface area contributed by atoms with E-state index in [2.05, 4.69) is 18.7 Å². The van der Waals surface area contributed by atoms with Gasteiger partial charge in [0.15, 0.2) is 5.78 Å². The number of rotatable bonds is 9. The molecule has 21 heavy (non-hydrogen) atoms. The molecular formula is C18H29NO2. The van der Waals surface area contributed by atoms with Crippen LogP contribution in [0, 0.1) is 5.41 Å². The van der Waals surface area contributed by atoms with E-state index in [1.807, 2.05) is 44.2 Å². The molecule has 0 radical (unpaired) electrons. The summed E-state index contributed by atoms with van der Waals surface area (Å²) in [6, 6.07) is 9.88. The van der Waals surface area contributed by atoms with E-state index in [1.165, 1.54) is 0 Å². The van der Waals surface area contributed by atoms with Crippen molar-refractivity contribution in [1.82, 2.24) is 4.90 Å². The highest BCUT2D eigenvalue weighted by Gasteiger charge is 2.32. The molecule has 1 N–H and O–H groups in total. The van der Waals surface area contributed by atoms with Gasteiger partial charge < -0.3 is 5.11 Å². The van der Waals surface area contributed by atoms with E-state index < -0.39 is 5.41 Å². The summed E-state index contributed by atoms with van der Waals surface area (Å²) < 4.78 is 0. The van der Waals surface area contributed by atoms with Crippen LogP contribution in [0.25, 0.3) is 0 Å². The van der Waals surface area contributed by atoms with E-state index >= 15 is 0 Å². The summed E-state index contributed by atoms with van der Waals surface area (Å²) in [4.78, 5) is 15.0. The molecule has 0 aliphatic carbocycles. The fraction of sp³-hybridized carbons (Fsp3) is 0.611. The minimum atomic E-state index is -0.459. The fourth-order valence-electron chi connectivity index (χ4n) is 2.88. The maximum atomic E-state index is 12.7. The highest BCUT2D eigenvalue weighted by molar-refractivity contribution is 6.00. The summed E-state index contributed by atoms with van der Waals surface area (Å²) in [6.07, 6.45) is 2.07. The Labute approximate surface area is 129 Å². The van der Waals surface area contributed by atoms with Gasteiger partial charge in [0.05, 0.1) is 6.61 Å². The van der Waals surface area contributed by atoms with Crippen molar-refractivity contribution in [2.24, 2.45) is 5.41 Å². The van der Waals surface area contributed by atoms with Gasteiger partial charge in [0.25, 0.3) is 0 Å². The van der Waals surface area contributed by atoms with Crippen LogP contribution in [0.5, 0.6) is 0 Å². The lowest BCUT2D eigenvalue weighted by Crippen LogP contribution is -2.45. The Morgan fingerprint density at radius 1 is 1.19 bits per heavy atom. The second kappa shape index (κ2) is 8.30. The molecule has 3 nitrogen and oxygen atoms in total. The highest BCUT2D eigenvalue weighted by atomic mass is 16.3. The van der Waals surface area contributed by atoms with Crippen LogP contribution in [0.3, 0.4) is 0 Å². The Kier molecular flexibility index (Phi) is 7.06. The number of carbonyl (C=O) groups is 1. The van der Waals surface area contributed by atoms with Crippen molar-refractivity contribution in [2.75, 3.05) is 19.7 Å². The molecule has 0 atom stereocenters. The monoisotopic (exact) mass is 291 g/mol. The molecule has 0 heterocycles. The Hall–Kier alpha value is -1.19. The molecular weight excluding hydrogens is 262 g/mol. The Morgan fingerprint density at radius 2 is 1.76 bits per heavy atom. The summed E-state index contributed by atoms with van der Waals surface area (Å²) in [5, 5.41) is 9.30. The van der Waals surface area contributed by atoms with Gasteiger partial charge in [-0.3, -0.25) is 9.69 Å². The van der Waals surface area contributed by atoms with Gasteiger partial charge in [-0.25, -0.2) is 0 Å². The molecule has 0 bridgehead atoms. The maximum absolute atomic E-state index is 12.7. The number of Topliss-reactive ketones (excluding diaryl/α,β-unsaturated/α-hetero) is 1. The zero-order valence-corrected chi connectivity index (χ0v) is 13.8. The summed E-state index contributed by atoms with van der Waals surface area (Å²) in [7, 11) is 0. The third-order valence-corrected chi connectivity index (χ3v) is 4.10. The van der Waals surface area contributed by atoms with E-state index in [1.54, 1.807) is 0 Å². The number of benzene rings is 1. The van der Waals surface area contributed by atoms with Gasteiger partial charge >= 0.3 is 0 Å². The highest BCUT2D eigenvalue weighted by Crippen LogP contribution is 2.25. The minimum Gasteiger partial charge on any atom is -0.395 e. The maximum Gasteiger partial charge on any atom is 0.169 e. The first kappa shape index (κ1) is 17.9. The van der Waals surface area contributed by atoms with Gasteiger partial charge in [-0.2, -0.15) is 0 Å². The summed E-state index contributed by atoms with van der Waals surface area (Å²) in [5.74, 6) is 0.164. The van der Waals surface area contributed by atoms with Crippen LogP contribution in [0.4, 0.5) is 0 Å². The van der Waals surface area contributed by atoms with Crippen molar-refractivity contribution in [3.8, 4) is 0 Å². The molecule has 0 unspecified atom stereocenters. The van der Waals surface area contributed by atoms with Gasteiger partial charge in [-0.15, -0.1) is 0 Å². The topological polar surface area (TPSA) is 40.5 Å². The first-order chi connectivity index (χ1) is 9.96.